The maximum absolute atomic E-state index is 12.1. The first-order chi connectivity index (χ1) is 9.02. The van der Waals surface area contributed by atoms with Crippen LogP contribution in [0.1, 0.15) is 20.3 Å². The van der Waals surface area contributed by atoms with Crippen molar-refractivity contribution in [3.05, 3.63) is 24.3 Å². The summed E-state index contributed by atoms with van der Waals surface area (Å²) in [5.74, 6) is 0.477. The molecule has 2 amide bonds. The van der Waals surface area contributed by atoms with Crippen molar-refractivity contribution in [3.8, 4) is 5.75 Å². The molecular weight excluding hydrogens is 244 g/mol. The van der Waals surface area contributed by atoms with Gasteiger partial charge in [0.05, 0.1) is 13.5 Å². The molecule has 1 aromatic rings. The minimum absolute atomic E-state index is 0.0948. The molecule has 102 valence electrons. The minimum atomic E-state index is -0.469. The van der Waals surface area contributed by atoms with Crippen LogP contribution in [0.4, 0.5) is 5.69 Å². The maximum Gasteiger partial charge on any atom is 0.252 e. The first-order valence-electron chi connectivity index (χ1n) is 6.29. The maximum atomic E-state index is 12.1. The van der Waals surface area contributed by atoms with Crippen molar-refractivity contribution in [3.63, 3.8) is 0 Å². The average Bonchev–Trinajstić information content (AvgIpc) is 2.65. The smallest absolute Gasteiger partial charge is 0.252 e. The van der Waals surface area contributed by atoms with E-state index in [1.54, 1.807) is 7.11 Å². The zero-order chi connectivity index (χ0) is 14.0. The number of carbonyl (C=O) groups excluding carboxylic acids is 2. The van der Waals surface area contributed by atoms with E-state index in [-0.39, 0.29) is 24.3 Å². The summed E-state index contributed by atoms with van der Waals surface area (Å²) in [7, 11) is 1.60. The van der Waals surface area contributed by atoms with E-state index in [1.165, 1.54) is 4.90 Å². The lowest BCUT2D eigenvalue weighted by molar-refractivity contribution is -0.140. The van der Waals surface area contributed by atoms with Crippen molar-refractivity contribution in [2.75, 3.05) is 12.4 Å². The predicted molar refractivity (Wildman–Crippen MR) is 72.0 cm³/mol. The van der Waals surface area contributed by atoms with Crippen LogP contribution in [-0.2, 0) is 9.59 Å². The van der Waals surface area contributed by atoms with Crippen molar-refractivity contribution in [2.45, 2.75) is 32.4 Å². The standard InChI is InChI=1S/C14H18N2O3/c1-9(2)16-13(17)8-12(14(16)18)15-10-4-6-11(19-3)7-5-10/h4-7,9,12,15H,8H2,1-3H3/t12-/m1/s1. The summed E-state index contributed by atoms with van der Waals surface area (Å²) in [6.45, 7) is 3.68. The molecule has 5 heteroatoms. The number of likely N-dealkylation sites (tertiary alicyclic amines) is 1. The third kappa shape index (κ3) is 2.70. The molecule has 0 radical (unpaired) electrons. The molecule has 1 aromatic carbocycles. The average molecular weight is 262 g/mol. The lowest BCUT2D eigenvalue weighted by Gasteiger charge is -2.19. The van der Waals surface area contributed by atoms with E-state index in [4.69, 9.17) is 4.74 Å². The van der Waals surface area contributed by atoms with Crippen LogP contribution in [0.25, 0.3) is 0 Å². The van der Waals surface area contributed by atoms with E-state index in [0.717, 1.165) is 11.4 Å². The Hall–Kier alpha value is -2.04. The molecule has 1 N–H and O–H groups in total. The van der Waals surface area contributed by atoms with Crippen molar-refractivity contribution in [2.24, 2.45) is 0 Å². The summed E-state index contributed by atoms with van der Waals surface area (Å²) in [5, 5.41) is 3.09. The Morgan fingerprint density at radius 3 is 2.37 bits per heavy atom. The van der Waals surface area contributed by atoms with Gasteiger partial charge in [-0.05, 0) is 38.1 Å². The number of hydrogen-bond donors (Lipinski definition) is 1. The Balaban J connectivity index is 2.07. The normalized spacial score (nSPS) is 19.2. The number of rotatable bonds is 4. The number of hydrogen-bond acceptors (Lipinski definition) is 4. The Morgan fingerprint density at radius 2 is 1.89 bits per heavy atom. The largest absolute Gasteiger partial charge is 0.497 e. The van der Waals surface area contributed by atoms with Crippen molar-refractivity contribution in [1.29, 1.82) is 0 Å². The summed E-state index contributed by atoms with van der Waals surface area (Å²) in [6, 6.07) is 6.71. The van der Waals surface area contributed by atoms with Gasteiger partial charge < -0.3 is 10.1 Å². The molecule has 0 aromatic heterocycles. The monoisotopic (exact) mass is 262 g/mol. The molecule has 2 rings (SSSR count). The van der Waals surface area contributed by atoms with E-state index < -0.39 is 6.04 Å². The quantitative estimate of drug-likeness (QED) is 0.838. The number of nitrogens with zero attached hydrogens (tertiary/aromatic N) is 1. The van der Waals surface area contributed by atoms with Crippen LogP contribution in [0, 0.1) is 0 Å². The van der Waals surface area contributed by atoms with Crippen LogP contribution < -0.4 is 10.1 Å². The number of imide groups is 1. The number of ether oxygens (including phenoxy) is 1. The Labute approximate surface area is 112 Å². The highest BCUT2D eigenvalue weighted by atomic mass is 16.5. The Morgan fingerprint density at radius 1 is 1.26 bits per heavy atom. The van der Waals surface area contributed by atoms with Gasteiger partial charge in [-0.25, -0.2) is 0 Å². The van der Waals surface area contributed by atoms with Crippen LogP contribution in [0.3, 0.4) is 0 Å². The fourth-order valence-corrected chi connectivity index (χ4v) is 2.19. The fourth-order valence-electron chi connectivity index (χ4n) is 2.19. The molecule has 0 aliphatic carbocycles. The topological polar surface area (TPSA) is 58.6 Å². The molecule has 1 fully saturated rings. The lowest BCUT2D eigenvalue weighted by Crippen LogP contribution is -2.39. The van der Waals surface area contributed by atoms with Gasteiger partial charge in [0.25, 0.3) is 5.91 Å². The van der Waals surface area contributed by atoms with Gasteiger partial charge in [-0.3, -0.25) is 14.5 Å². The van der Waals surface area contributed by atoms with Gasteiger partial charge in [-0.1, -0.05) is 0 Å². The highest BCUT2D eigenvalue weighted by Gasteiger charge is 2.39. The third-order valence-electron chi connectivity index (χ3n) is 3.13. The van der Waals surface area contributed by atoms with Crippen LogP contribution in [-0.4, -0.2) is 35.9 Å². The second-order valence-electron chi connectivity index (χ2n) is 4.83. The number of carbonyl (C=O) groups is 2. The predicted octanol–water partition coefficient (Wildman–Crippen LogP) is 1.64. The lowest BCUT2D eigenvalue weighted by atomic mass is 10.2. The molecular formula is C14H18N2O3. The summed E-state index contributed by atoms with van der Waals surface area (Å²) < 4.78 is 5.07. The zero-order valence-corrected chi connectivity index (χ0v) is 11.3. The van der Waals surface area contributed by atoms with E-state index in [9.17, 15) is 9.59 Å². The molecule has 1 heterocycles. The number of nitrogens with one attached hydrogen (secondary N) is 1. The number of amides is 2. The van der Waals surface area contributed by atoms with Gasteiger partial charge in [0.1, 0.15) is 11.8 Å². The van der Waals surface area contributed by atoms with Gasteiger partial charge in [0.15, 0.2) is 0 Å². The molecule has 1 saturated heterocycles. The van der Waals surface area contributed by atoms with Gasteiger partial charge in [0, 0.05) is 11.7 Å². The molecule has 1 aliphatic rings. The summed E-state index contributed by atoms with van der Waals surface area (Å²) in [5.41, 5.74) is 0.803. The highest BCUT2D eigenvalue weighted by Crippen LogP contribution is 2.21. The molecule has 0 spiro atoms. The van der Waals surface area contributed by atoms with Crippen molar-refractivity contribution >= 4 is 17.5 Å². The van der Waals surface area contributed by atoms with Gasteiger partial charge in [-0.2, -0.15) is 0 Å². The van der Waals surface area contributed by atoms with Crippen molar-refractivity contribution < 1.29 is 14.3 Å². The van der Waals surface area contributed by atoms with E-state index >= 15 is 0 Å². The van der Waals surface area contributed by atoms with Crippen LogP contribution in [0.15, 0.2) is 24.3 Å². The van der Waals surface area contributed by atoms with E-state index in [1.807, 2.05) is 38.1 Å². The molecule has 5 nitrogen and oxygen atoms in total. The summed E-state index contributed by atoms with van der Waals surface area (Å²) >= 11 is 0. The molecule has 1 atom stereocenters. The fraction of sp³-hybridized carbons (Fsp3) is 0.429. The van der Waals surface area contributed by atoms with Crippen LogP contribution >= 0.6 is 0 Å². The van der Waals surface area contributed by atoms with Crippen LogP contribution in [0.2, 0.25) is 0 Å². The molecule has 19 heavy (non-hydrogen) atoms. The zero-order valence-electron chi connectivity index (χ0n) is 11.3. The van der Waals surface area contributed by atoms with Gasteiger partial charge in [-0.15, -0.1) is 0 Å². The third-order valence-corrected chi connectivity index (χ3v) is 3.13. The number of anilines is 1. The number of benzene rings is 1. The molecule has 0 bridgehead atoms. The second-order valence-corrected chi connectivity index (χ2v) is 4.83. The minimum Gasteiger partial charge on any atom is -0.497 e. The SMILES string of the molecule is COc1ccc(N[C@@H]2CC(=O)N(C(C)C)C2=O)cc1. The van der Waals surface area contributed by atoms with Gasteiger partial charge in [0.2, 0.25) is 5.91 Å². The Kier molecular flexibility index (Phi) is 3.74. The van der Waals surface area contributed by atoms with E-state index in [2.05, 4.69) is 5.32 Å². The molecule has 1 aliphatic heterocycles. The summed E-state index contributed by atoms with van der Waals surface area (Å²) in [6.07, 6.45) is 0.211. The Bertz CT molecular complexity index is 482. The first-order valence-corrected chi connectivity index (χ1v) is 6.29. The number of methoxy groups -OCH3 is 1. The summed E-state index contributed by atoms with van der Waals surface area (Å²) in [4.78, 5) is 25.2. The van der Waals surface area contributed by atoms with Crippen molar-refractivity contribution in [1.82, 2.24) is 4.90 Å². The second kappa shape index (κ2) is 5.30. The molecule has 0 unspecified atom stereocenters. The van der Waals surface area contributed by atoms with E-state index in [0.29, 0.717) is 0 Å². The molecule has 0 saturated carbocycles. The first kappa shape index (κ1) is 13.4. The van der Waals surface area contributed by atoms with Gasteiger partial charge >= 0.3 is 0 Å². The highest BCUT2D eigenvalue weighted by molar-refractivity contribution is 6.07. The van der Waals surface area contributed by atoms with Crippen LogP contribution in [0.5, 0.6) is 5.75 Å².